The largest absolute Gasteiger partial charge is 0.495 e. The zero-order valence-corrected chi connectivity index (χ0v) is 13.3. The monoisotopic (exact) mass is 284 g/mol. The van der Waals surface area contributed by atoms with Gasteiger partial charge in [0.05, 0.1) is 11.2 Å². The maximum Gasteiger partial charge on any atom is 0.495 e. The van der Waals surface area contributed by atoms with Crippen molar-refractivity contribution in [2.75, 3.05) is 0 Å². The van der Waals surface area contributed by atoms with Gasteiger partial charge in [-0.15, -0.1) is 0 Å². The maximum atomic E-state index is 6.17. The molecule has 2 heterocycles. The van der Waals surface area contributed by atoms with E-state index in [1.807, 2.05) is 36.0 Å². The van der Waals surface area contributed by atoms with Crippen LogP contribution in [0.2, 0.25) is 0 Å². The van der Waals surface area contributed by atoms with Crippen LogP contribution in [0.3, 0.4) is 0 Å². The van der Waals surface area contributed by atoms with E-state index in [4.69, 9.17) is 9.31 Å². The molecule has 110 valence electrons. The van der Waals surface area contributed by atoms with Crippen LogP contribution in [0.1, 0.15) is 27.7 Å². The third-order valence-electron chi connectivity index (χ3n) is 4.53. The van der Waals surface area contributed by atoms with Gasteiger partial charge in [-0.1, -0.05) is 24.3 Å². The SMILES string of the molecule is Cn1ccnc1-c1ccccc1B1OC(C)(C)C(C)(C)O1. The molecule has 2 aromatic rings. The molecular formula is C16H21BN2O2. The van der Waals surface area contributed by atoms with E-state index >= 15 is 0 Å². The second-order valence-electron chi connectivity index (χ2n) is 6.54. The average molecular weight is 284 g/mol. The molecule has 1 fully saturated rings. The van der Waals surface area contributed by atoms with Gasteiger partial charge in [0.1, 0.15) is 5.82 Å². The summed E-state index contributed by atoms with van der Waals surface area (Å²) in [6, 6.07) is 8.13. The maximum absolute atomic E-state index is 6.17. The van der Waals surface area contributed by atoms with Crippen LogP contribution >= 0.6 is 0 Å². The van der Waals surface area contributed by atoms with Crippen LogP contribution in [0.5, 0.6) is 0 Å². The van der Waals surface area contributed by atoms with Gasteiger partial charge in [-0.05, 0) is 33.2 Å². The van der Waals surface area contributed by atoms with Gasteiger partial charge in [0.2, 0.25) is 0 Å². The molecule has 0 unspecified atom stereocenters. The molecule has 1 aromatic carbocycles. The van der Waals surface area contributed by atoms with Crippen molar-refractivity contribution in [3.05, 3.63) is 36.7 Å². The molecule has 3 rings (SSSR count). The Labute approximate surface area is 126 Å². The summed E-state index contributed by atoms with van der Waals surface area (Å²) in [4.78, 5) is 4.44. The summed E-state index contributed by atoms with van der Waals surface area (Å²) in [6.07, 6.45) is 3.74. The fraction of sp³-hybridized carbons (Fsp3) is 0.438. The second-order valence-corrected chi connectivity index (χ2v) is 6.54. The number of aryl methyl sites for hydroxylation is 1. The Morgan fingerprint density at radius 2 is 1.67 bits per heavy atom. The highest BCUT2D eigenvalue weighted by Gasteiger charge is 2.52. The first-order chi connectivity index (χ1) is 9.82. The first-order valence-electron chi connectivity index (χ1n) is 7.24. The Bertz CT molecular complexity index is 648. The molecule has 0 spiro atoms. The van der Waals surface area contributed by atoms with Gasteiger partial charge < -0.3 is 13.9 Å². The summed E-state index contributed by atoms with van der Waals surface area (Å²) in [6.45, 7) is 8.26. The van der Waals surface area contributed by atoms with Gasteiger partial charge >= 0.3 is 7.12 Å². The van der Waals surface area contributed by atoms with Crippen molar-refractivity contribution in [3.8, 4) is 11.4 Å². The lowest BCUT2D eigenvalue weighted by Gasteiger charge is -2.32. The Morgan fingerprint density at radius 3 is 2.24 bits per heavy atom. The average Bonchev–Trinajstić information content (AvgIpc) is 2.91. The fourth-order valence-corrected chi connectivity index (χ4v) is 2.50. The van der Waals surface area contributed by atoms with Crippen molar-refractivity contribution < 1.29 is 9.31 Å². The van der Waals surface area contributed by atoms with Crippen LogP contribution in [0, 0.1) is 0 Å². The quantitative estimate of drug-likeness (QED) is 0.794. The summed E-state index contributed by atoms with van der Waals surface area (Å²) >= 11 is 0. The van der Waals surface area contributed by atoms with E-state index in [0.29, 0.717) is 0 Å². The lowest BCUT2D eigenvalue weighted by atomic mass is 9.75. The van der Waals surface area contributed by atoms with E-state index in [1.165, 1.54) is 0 Å². The van der Waals surface area contributed by atoms with Crippen molar-refractivity contribution in [2.24, 2.45) is 7.05 Å². The van der Waals surface area contributed by atoms with Crippen molar-refractivity contribution in [3.63, 3.8) is 0 Å². The second kappa shape index (κ2) is 4.72. The molecule has 1 aromatic heterocycles. The number of nitrogens with zero attached hydrogens (tertiary/aromatic N) is 2. The van der Waals surface area contributed by atoms with E-state index in [9.17, 15) is 0 Å². The lowest BCUT2D eigenvalue weighted by molar-refractivity contribution is 0.00578. The zero-order chi connectivity index (χ0) is 15.3. The van der Waals surface area contributed by atoms with Crippen LogP contribution < -0.4 is 5.46 Å². The van der Waals surface area contributed by atoms with E-state index in [2.05, 4.69) is 38.7 Å². The van der Waals surface area contributed by atoms with E-state index < -0.39 is 0 Å². The van der Waals surface area contributed by atoms with Gasteiger partial charge in [0.25, 0.3) is 0 Å². The Morgan fingerprint density at radius 1 is 1.05 bits per heavy atom. The van der Waals surface area contributed by atoms with Crippen LogP contribution in [-0.2, 0) is 16.4 Å². The molecule has 0 N–H and O–H groups in total. The van der Waals surface area contributed by atoms with Crippen molar-refractivity contribution >= 4 is 12.6 Å². The molecule has 0 saturated carbocycles. The third-order valence-corrected chi connectivity index (χ3v) is 4.53. The van der Waals surface area contributed by atoms with Crippen molar-refractivity contribution in [2.45, 2.75) is 38.9 Å². The van der Waals surface area contributed by atoms with Crippen molar-refractivity contribution in [1.29, 1.82) is 0 Å². The number of benzene rings is 1. The highest BCUT2D eigenvalue weighted by molar-refractivity contribution is 6.63. The smallest absolute Gasteiger partial charge is 0.399 e. The highest BCUT2D eigenvalue weighted by atomic mass is 16.7. The Hall–Kier alpha value is -1.59. The molecule has 4 nitrogen and oxygen atoms in total. The molecule has 5 heteroatoms. The molecule has 0 atom stereocenters. The standard InChI is InChI=1S/C16H21BN2O2/c1-15(2)16(3,4)21-17(20-15)13-9-7-6-8-12(13)14-18-10-11-19(14)5/h6-11H,1-5H3. The van der Waals surface area contributed by atoms with Crippen LogP contribution in [0.15, 0.2) is 36.7 Å². The highest BCUT2D eigenvalue weighted by Crippen LogP contribution is 2.37. The summed E-state index contributed by atoms with van der Waals surface area (Å²) in [5.74, 6) is 0.917. The number of hydrogen-bond donors (Lipinski definition) is 0. The fourth-order valence-electron chi connectivity index (χ4n) is 2.50. The van der Waals surface area contributed by atoms with E-state index in [-0.39, 0.29) is 18.3 Å². The molecule has 0 aliphatic carbocycles. The number of imidazole rings is 1. The molecule has 0 bridgehead atoms. The number of aromatic nitrogens is 2. The van der Waals surface area contributed by atoms with Gasteiger partial charge in [-0.3, -0.25) is 0 Å². The summed E-state index contributed by atoms with van der Waals surface area (Å²) in [7, 11) is 1.62. The topological polar surface area (TPSA) is 36.3 Å². The van der Waals surface area contributed by atoms with Gasteiger partial charge in [0, 0.05) is 25.0 Å². The molecule has 0 amide bonds. The molecule has 1 saturated heterocycles. The minimum Gasteiger partial charge on any atom is -0.399 e. The number of hydrogen-bond acceptors (Lipinski definition) is 3. The third kappa shape index (κ3) is 2.30. The summed E-state index contributed by atoms with van der Waals surface area (Å²) < 4.78 is 14.3. The predicted octanol–water partition coefficient (Wildman–Crippen LogP) is 2.39. The molecule has 21 heavy (non-hydrogen) atoms. The van der Waals surface area contributed by atoms with Crippen molar-refractivity contribution in [1.82, 2.24) is 9.55 Å². The summed E-state index contributed by atoms with van der Waals surface area (Å²) in [5, 5.41) is 0. The van der Waals surface area contributed by atoms with Crippen LogP contribution in [-0.4, -0.2) is 27.9 Å². The Balaban J connectivity index is 2.04. The zero-order valence-electron chi connectivity index (χ0n) is 13.3. The lowest BCUT2D eigenvalue weighted by Crippen LogP contribution is -2.41. The van der Waals surface area contributed by atoms with E-state index in [0.717, 1.165) is 16.9 Å². The minimum atomic E-state index is -0.372. The van der Waals surface area contributed by atoms with Gasteiger partial charge in [-0.25, -0.2) is 4.98 Å². The molecule has 1 aliphatic rings. The Kier molecular flexibility index (Phi) is 3.22. The molecule has 1 aliphatic heterocycles. The first kappa shape index (κ1) is 14.4. The van der Waals surface area contributed by atoms with Gasteiger partial charge in [-0.2, -0.15) is 0 Å². The van der Waals surface area contributed by atoms with Gasteiger partial charge in [0.15, 0.2) is 0 Å². The normalized spacial score (nSPS) is 20.0. The number of rotatable bonds is 2. The van der Waals surface area contributed by atoms with Crippen LogP contribution in [0.4, 0.5) is 0 Å². The first-order valence-corrected chi connectivity index (χ1v) is 7.24. The summed E-state index contributed by atoms with van der Waals surface area (Å²) in [5.41, 5.74) is 1.38. The predicted molar refractivity (Wildman–Crippen MR) is 84.4 cm³/mol. The molecule has 0 radical (unpaired) electrons. The molecular weight excluding hydrogens is 263 g/mol. The van der Waals surface area contributed by atoms with E-state index in [1.54, 1.807) is 6.20 Å². The minimum absolute atomic E-state index is 0.341. The van der Waals surface area contributed by atoms with Crippen LogP contribution in [0.25, 0.3) is 11.4 Å².